The van der Waals surface area contributed by atoms with Gasteiger partial charge in [0, 0.05) is 30.0 Å². The summed E-state index contributed by atoms with van der Waals surface area (Å²) < 4.78 is 1.61. The third-order valence-corrected chi connectivity index (χ3v) is 5.69. The van der Waals surface area contributed by atoms with Crippen LogP contribution >= 0.6 is 11.3 Å². The minimum Gasteiger partial charge on any atom is -0.274 e. The molecule has 0 spiro atoms. The number of non-ortho nitro benzene ring substituents is 1. The van der Waals surface area contributed by atoms with Gasteiger partial charge in [0.2, 0.25) is 5.91 Å². The molecular formula is C22H20N6O3S. The van der Waals surface area contributed by atoms with Crippen LogP contribution in [-0.4, -0.2) is 30.6 Å². The number of benzene rings is 2. The summed E-state index contributed by atoms with van der Waals surface area (Å²) in [4.78, 5) is 33.5. The van der Waals surface area contributed by atoms with Crippen molar-refractivity contribution in [2.45, 2.75) is 27.3 Å². The fourth-order valence-corrected chi connectivity index (χ4v) is 4.23. The first-order valence-electron chi connectivity index (χ1n) is 9.78. The molecule has 0 aliphatic rings. The number of anilines is 2. The van der Waals surface area contributed by atoms with Crippen molar-refractivity contribution < 1.29 is 9.72 Å². The molecule has 10 heteroatoms. The number of nitrogens with zero attached hydrogens (tertiary/aromatic N) is 6. The minimum absolute atomic E-state index is 0.0151. The standard InChI is InChI=1S/C22H20N6O3S/c1-14-7-8-20(15(2)9-14)27(16(3)29)22-24-18(12-32-22)11-26-13-23-21(25-26)17-5-4-6-19(10-17)28(30)31/h4-10,12-13H,11H2,1-3H3. The van der Waals surface area contributed by atoms with E-state index in [0.717, 1.165) is 22.5 Å². The lowest BCUT2D eigenvalue weighted by atomic mass is 10.1. The lowest BCUT2D eigenvalue weighted by molar-refractivity contribution is -0.384. The highest BCUT2D eigenvalue weighted by atomic mass is 32.1. The average molecular weight is 449 g/mol. The maximum absolute atomic E-state index is 12.4. The summed E-state index contributed by atoms with van der Waals surface area (Å²) in [6.45, 7) is 5.86. The zero-order chi connectivity index (χ0) is 22.8. The summed E-state index contributed by atoms with van der Waals surface area (Å²) in [7, 11) is 0. The number of hydrogen-bond acceptors (Lipinski definition) is 7. The van der Waals surface area contributed by atoms with Gasteiger partial charge in [-0.3, -0.25) is 19.8 Å². The Balaban J connectivity index is 1.56. The van der Waals surface area contributed by atoms with E-state index in [0.29, 0.717) is 23.1 Å². The van der Waals surface area contributed by atoms with Crippen molar-refractivity contribution in [2.75, 3.05) is 4.90 Å². The van der Waals surface area contributed by atoms with Crippen LogP contribution in [0.5, 0.6) is 0 Å². The van der Waals surface area contributed by atoms with Gasteiger partial charge in [-0.2, -0.15) is 5.10 Å². The van der Waals surface area contributed by atoms with Gasteiger partial charge in [0.15, 0.2) is 11.0 Å². The molecule has 0 N–H and O–H groups in total. The maximum atomic E-state index is 12.4. The van der Waals surface area contributed by atoms with E-state index in [-0.39, 0.29) is 11.6 Å². The first kappa shape index (κ1) is 21.3. The molecule has 0 atom stereocenters. The molecule has 9 nitrogen and oxygen atoms in total. The number of rotatable bonds is 6. The molecule has 0 radical (unpaired) electrons. The van der Waals surface area contributed by atoms with Crippen LogP contribution in [0.4, 0.5) is 16.5 Å². The van der Waals surface area contributed by atoms with Crippen molar-refractivity contribution in [1.29, 1.82) is 0 Å². The molecule has 0 saturated carbocycles. The van der Waals surface area contributed by atoms with Crippen LogP contribution in [0.15, 0.2) is 54.2 Å². The van der Waals surface area contributed by atoms with Crippen molar-refractivity contribution in [3.05, 3.63) is 81.1 Å². The van der Waals surface area contributed by atoms with E-state index in [4.69, 9.17) is 0 Å². The molecule has 4 aromatic rings. The molecule has 0 fully saturated rings. The lowest BCUT2D eigenvalue weighted by Crippen LogP contribution is -2.23. The molecule has 2 heterocycles. The van der Waals surface area contributed by atoms with Crippen LogP contribution in [-0.2, 0) is 11.3 Å². The van der Waals surface area contributed by atoms with Gasteiger partial charge >= 0.3 is 0 Å². The molecular weight excluding hydrogens is 428 g/mol. The van der Waals surface area contributed by atoms with Crippen LogP contribution in [0.1, 0.15) is 23.7 Å². The van der Waals surface area contributed by atoms with Crippen molar-refractivity contribution in [1.82, 2.24) is 19.7 Å². The Bertz CT molecular complexity index is 1310. The summed E-state index contributed by atoms with van der Waals surface area (Å²) in [5.41, 5.74) is 4.21. The van der Waals surface area contributed by atoms with E-state index in [1.165, 1.54) is 30.4 Å². The van der Waals surface area contributed by atoms with Gasteiger partial charge in [-0.15, -0.1) is 11.3 Å². The molecule has 0 unspecified atom stereocenters. The molecule has 162 valence electrons. The van der Waals surface area contributed by atoms with E-state index >= 15 is 0 Å². The first-order valence-corrected chi connectivity index (χ1v) is 10.7. The van der Waals surface area contributed by atoms with Crippen molar-refractivity contribution in [3.8, 4) is 11.4 Å². The number of nitro benzene ring substituents is 1. The summed E-state index contributed by atoms with van der Waals surface area (Å²) in [6, 6.07) is 12.1. The Labute approximate surface area is 188 Å². The number of carbonyl (C=O) groups excluding carboxylic acids is 1. The van der Waals surface area contributed by atoms with E-state index in [1.54, 1.807) is 28.0 Å². The van der Waals surface area contributed by atoms with Gasteiger partial charge in [0.05, 0.1) is 22.8 Å². The quantitative estimate of drug-likeness (QED) is 0.314. The van der Waals surface area contributed by atoms with Crippen LogP contribution in [0.25, 0.3) is 11.4 Å². The van der Waals surface area contributed by atoms with E-state index < -0.39 is 4.92 Å². The zero-order valence-corrected chi connectivity index (χ0v) is 18.5. The molecule has 0 bridgehead atoms. The normalized spacial score (nSPS) is 10.8. The van der Waals surface area contributed by atoms with E-state index in [2.05, 4.69) is 15.1 Å². The van der Waals surface area contributed by atoms with Crippen LogP contribution < -0.4 is 4.90 Å². The Morgan fingerprint density at radius 1 is 1.22 bits per heavy atom. The van der Waals surface area contributed by atoms with Gasteiger partial charge < -0.3 is 0 Å². The van der Waals surface area contributed by atoms with E-state index in [9.17, 15) is 14.9 Å². The van der Waals surface area contributed by atoms with Gasteiger partial charge in [0.1, 0.15) is 6.33 Å². The topological polar surface area (TPSA) is 107 Å². The zero-order valence-electron chi connectivity index (χ0n) is 17.7. The van der Waals surface area contributed by atoms with Gasteiger partial charge in [-0.05, 0) is 25.5 Å². The van der Waals surface area contributed by atoms with Crippen LogP contribution in [0.3, 0.4) is 0 Å². The highest BCUT2D eigenvalue weighted by Crippen LogP contribution is 2.32. The Hall–Kier alpha value is -3.92. The summed E-state index contributed by atoms with van der Waals surface area (Å²) >= 11 is 1.38. The molecule has 2 aromatic heterocycles. The SMILES string of the molecule is CC(=O)N(c1nc(Cn2cnc(-c3cccc([N+](=O)[O-])c3)n2)cs1)c1ccc(C)cc1C. The number of aryl methyl sites for hydroxylation is 2. The third kappa shape index (κ3) is 4.40. The molecule has 0 aliphatic carbocycles. The summed E-state index contributed by atoms with van der Waals surface area (Å²) in [5.74, 6) is 0.274. The Kier molecular flexibility index (Phi) is 5.78. The highest BCUT2D eigenvalue weighted by molar-refractivity contribution is 7.14. The second-order valence-corrected chi connectivity index (χ2v) is 8.18. The summed E-state index contributed by atoms with van der Waals surface area (Å²) in [6.07, 6.45) is 1.56. The number of aromatic nitrogens is 4. The molecule has 32 heavy (non-hydrogen) atoms. The fraction of sp³-hybridized carbons (Fsp3) is 0.182. The third-order valence-electron chi connectivity index (χ3n) is 4.81. The Morgan fingerprint density at radius 2 is 2.03 bits per heavy atom. The van der Waals surface area contributed by atoms with Crippen LogP contribution in [0.2, 0.25) is 0 Å². The average Bonchev–Trinajstić information content (AvgIpc) is 3.40. The molecule has 1 amide bonds. The first-order chi connectivity index (χ1) is 15.3. The largest absolute Gasteiger partial charge is 0.274 e. The maximum Gasteiger partial charge on any atom is 0.270 e. The van der Waals surface area contributed by atoms with Crippen molar-refractivity contribution in [3.63, 3.8) is 0 Å². The number of thiazole rings is 1. The van der Waals surface area contributed by atoms with Crippen molar-refractivity contribution in [2.24, 2.45) is 0 Å². The molecule has 0 saturated heterocycles. The predicted molar refractivity (Wildman–Crippen MR) is 122 cm³/mol. The number of amides is 1. The van der Waals surface area contributed by atoms with Crippen LogP contribution in [0, 0.1) is 24.0 Å². The molecule has 2 aromatic carbocycles. The lowest BCUT2D eigenvalue weighted by Gasteiger charge is -2.20. The highest BCUT2D eigenvalue weighted by Gasteiger charge is 2.20. The smallest absolute Gasteiger partial charge is 0.270 e. The molecule has 0 aliphatic heterocycles. The van der Waals surface area contributed by atoms with Gasteiger partial charge in [-0.1, -0.05) is 29.8 Å². The van der Waals surface area contributed by atoms with Gasteiger partial charge in [-0.25, -0.2) is 14.6 Å². The molecule has 4 rings (SSSR count). The summed E-state index contributed by atoms with van der Waals surface area (Å²) in [5, 5.41) is 17.9. The number of hydrogen-bond donors (Lipinski definition) is 0. The minimum atomic E-state index is -0.451. The van der Waals surface area contributed by atoms with Crippen molar-refractivity contribution >= 4 is 33.8 Å². The second-order valence-electron chi connectivity index (χ2n) is 7.34. The fourth-order valence-electron chi connectivity index (χ4n) is 3.36. The number of carbonyl (C=O) groups is 1. The second kappa shape index (κ2) is 8.67. The number of nitro groups is 1. The predicted octanol–water partition coefficient (Wildman–Crippen LogP) is 4.66. The van der Waals surface area contributed by atoms with E-state index in [1.807, 2.05) is 37.4 Å². The Morgan fingerprint density at radius 3 is 2.75 bits per heavy atom. The van der Waals surface area contributed by atoms with Gasteiger partial charge in [0.25, 0.3) is 5.69 Å². The monoisotopic (exact) mass is 448 g/mol.